The molecule has 1 aliphatic rings. The summed E-state index contributed by atoms with van der Waals surface area (Å²) in [6.45, 7) is 12.0. The molecule has 3 atom stereocenters. The van der Waals surface area contributed by atoms with Crippen LogP contribution in [0.5, 0.6) is 5.75 Å². The first-order valence-corrected chi connectivity index (χ1v) is 8.04. The minimum atomic E-state index is -0.427. The molecule has 1 N–H and O–H groups in total. The average molecular weight is 291 g/mol. The van der Waals surface area contributed by atoms with Crippen LogP contribution in [0.15, 0.2) is 18.2 Å². The molecule has 118 valence electrons. The molecule has 0 saturated carbocycles. The quantitative estimate of drug-likeness (QED) is 0.905. The number of aliphatic hydroxyl groups is 1. The molecule has 0 unspecified atom stereocenters. The highest BCUT2D eigenvalue weighted by Crippen LogP contribution is 2.21. The van der Waals surface area contributed by atoms with E-state index in [1.54, 1.807) is 0 Å². The van der Waals surface area contributed by atoms with Crippen LogP contribution < -0.4 is 4.74 Å². The van der Waals surface area contributed by atoms with E-state index in [2.05, 4.69) is 38.7 Å². The molecule has 1 aliphatic heterocycles. The Balaban J connectivity index is 1.79. The Morgan fingerprint density at radius 1 is 1.19 bits per heavy atom. The molecule has 21 heavy (non-hydrogen) atoms. The standard InChI is InChI=1S/C18H29NO2/c1-13-7-14(2)10-19(9-13)11-17(20)12-21-18-6-5-15(3)16(4)8-18/h5-6,8,13-14,17,20H,7,9-12H2,1-4H3/t13-,14-,17-/m1/s1. The molecule has 1 aromatic carbocycles. The normalized spacial score (nSPS) is 24.8. The van der Waals surface area contributed by atoms with E-state index in [0.717, 1.165) is 30.7 Å². The van der Waals surface area contributed by atoms with E-state index in [-0.39, 0.29) is 0 Å². The summed E-state index contributed by atoms with van der Waals surface area (Å²) in [5.41, 5.74) is 2.49. The topological polar surface area (TPSA) is 32.7 Å². The van der Waals surface area contributed by atoms with E-state index in [4.69, 9.17) is 4.74 Å². The van der Waals surface area contributed by atoms with Crippen LogP contribution in [-0.2, 0) is 0 Å². The van der Waals surface area contributed by atoms with Gasteiger partial charge in [-0.05, 0) is 55.4 Å². The monoisotopic (exact) mass is 291 g/mol. The van der Waals surface area contributed by atoms with Crippen molar-refractivity contribution in [1.82, 2.24) is 4.90 Å². The molecule has 2 rings (SSSR count). The van der Waals surface area contributed by atoms with E-state index < -0.39 is 6.10 Å². The largest absolute Gasteiger partial charge is 0.491 e. The summed E-state index contributed by atoms with van der Waals surface area (Å²) in [5.74, 6) is 2.29. The number of hydrogen-bond donors (Lipinski definition) is 1. The minimum Gasteiger partial charge on any atom is -0.491 e. The van der Waals surface area contributed by atoms with Crippen LogP contribution in [0.1, 0.15) is 31.4 Å². The number of benzene rings is 1. The Bertz CT molecular complexity index is 451. The molecule has 0 spiro atoms. The Morgan fingerprint density at radius 3 is 2.48 bits per heavy atom. The maximum atomic E-state index is 10.2. The van der Waals surface area contributed by atoms with Crippen LogP contribution >= 0.6 is 0 Å². The summed E-state index contributed by atoms with van der Waals surface area (Å²) in [7, 11) is 0. The SMILES string of the molecule is Cc1ccc(OC[C@H](O)CN2C[C@H](C)C[C@@H](C)C2)cc1C. The summed E-state index contributed by atoms with van der Waals surface area (Å²) in [4.78, 5) is 2.37. The van der Waals surface area contributed by atoms with Gasteiger partial charge in [-0.2, -0.15) is 0 Å². The molecule has 1 heterocycles. The first-order chi connectivity index (χ1) is 9.94. The average Bonchev–Trinajstić information content (AvgIpc) is 2.39. The van der Waals surface area contributed by atoms with Crippen molar-refractivity contribution in [2.24, 2.45) is 11.8 Å². The lowest BCUT2D eigenvalue weighted by atomic mass is 9.92. The van der Waals surface area contributed by atoms with Crippen LogP contribution in [-0.4, -0.2) is 42.4 Å². The molecule has 1 fully saturated rings. The second kappa shape index (κ2) is 7.28. The van der Waals surface area contributed by atoms with Crippen molar-refractivity contribution in [2.75, 3.05) is 26.2 Å². The van der Waals surface area contributed by atoms with Crippen molar-refractivity contribution in [3.63, 3.8) is 0 Å². The van der Waals surface area contributed by atoms with Gasteiger partial charge in [0.25, 0.3) is 0 Å². The van der Waals surface area contributed by atoms with Gasteiger partial charge in [0.15, 0.2) is 0 Å². The van der Waals surface area contributed by atoms with Crippen LogP contribution in [0.3, 0.4) is 0 Å². The van der Waals surface area contributed by atoms with Crippen molar-refractivity contribution in [3.8, 4) is 5.75 Å². The molecule has 0 aromatic heterocycles. The lowest BCUT2D eigenvalue weighted by molar-refractivity contribution is 0.0429. The summed E-state index contributed by atoms with van der Waals surface area (Å²) in [5, 5.41) is 10.2. The van der Waals surface area contributed by atoms with Gasteiger partial charge in [0.2, 0.25) is 0 Å². The van der Waals surface area contributed by atoms with Gasteiger partial charge in [-0.1, -0.05) is 19.9 Å². The molecule has 0 amide bonds. The highest BCUT2D eigenvalue weighted by molar-refractivity contribution is 5.33. The van der Waals surface area contributed by atoms with E-state index in [1.165, 1.54) is 17.5 Å². The Kier molecular flexibility index (Phi) is 5.65. The van der Waals surface area contributed by atoms with Crippen molar-refractivity contribution < 1.29 is 9.84 Å². The number of aryl methyl sites for hydroxylation is 2. The van der Waals surface area contributed by atoms with Crippen LogP contribution in [0.4, 0.5) is 0 Å². The van der Waals surface area contributed by atoms with Crippen molar-refractivity contribution in [2.45, 2.75) is 40.2 Å². The van der Waals surface area contributed by atoms with Crippen molar-refractivity contribution >= 4 is 0 Å². The van der Waals surface area contributed by atoms with E-state index in [9.17, 15) is 5.11 Å². The smallest absolute Gasteiger partial charge is 0.119 e. The molecule has 0 aliphatic carbocycles. The zero-order valence-corrected chi connectivity index (χ0v) is 13.8. The molecular weight excluding hydrogens is 262 g/mol. The summed E-state index contributed by atoms with van der Waals surface area (Å²) in [6, 6.07) is 6.07. The number of piperidine rings is 1. The predicted molar refractivity (Wildman–Crippen MR) is 86.8 cm³/mol. The fourth-order valence-electron chi connectivity index (χ4n) is 3.29. The van der Waals surface area contributed by atoms with E-state index in [1.807, 2.05) is 12.1 Å². The van der Waals surface area contributed by atoms with Gasteiger partial charge >= 0.3 is 0 Å². The van der Waals surface area contributed by atoms with Gasteiger partial charge in [-0.25, -0.2) is 0 Å². The lowest BCUT2D eigenvalue weighted by Crippen LogP contribution is -2.44. The van der Waals surface area contributed by atoms with Crippen LogP contribution in [0, 0.1) is 25.7 Å². The van der Waals surface area contributed by atoms with Gasteiger partial charge < -0.3 is 14.7 Å². The Morgan fingerprint density at radius 2 is 1.86 bits per heavy atom. The van der Waals surface area contributed by atoms with Gasteiger partial charge in [0.1, 0.15) is 18.5 Å². The fraction of sp³-hybridized carbons (Fsp3) is 0.667. The second-order valence-electron chi connectivity index (χ2n) is 6.88. The molecule has 1 saturated heterocycles. The van der Waals surface area contributed by atoms with Crippen LogP contribution in [0.2, 0.25) is 0 Å². The van der Waals surface area contributed by atoms with Gasteiger partial charge in [-0.15, -0.1) is 0 Å². The molecule has 3 heteroatoms. The van der Waals surface area contributed by atoms with E-state index in [0.29, 0.717) is 13.2 Å². The number of aliphatic hydroxyl groups excluding tert-OH is 1. The molecule has 0 radical (unpaired) electrons. The Labute approximate surface area is 128 Å². The van der Waals surface area contributed by atoms with E-state index >= 15 is 0 Å². The third-order valence-corrected chi connectivity index (χ3v) is 4.33. The van der Waals surface area contributed by atoms with Crippen molar-refractivity contribution in [3.05, 3.63) is 29.3 Å². The third kappa shape index (κ3) is 5.01. The first kappa shape index (κ1) is 16.3. The number of rotatable bonds is 5. The van der Waals surface area contributed by atoms with Gasteiger partial charge in [0, 0.05) is 19.6 Å². The zero-order valence-electron chi connectivity index (χ0n) is 13.8. The number of nitrogens with zero attached hydrogens (tertiary/aromatic N) is 1. The summed E-state index contributed by atoms with van der Waals surface area (Å²) < 4.78 is 5.72. The number of hydrogen-bond acceptors (Lipinski definition) is 3. The number of likely N-dealkylation sites (tertiary alicyclic amines) is 1. The number of ether oxygens (including phenoxy) is 1. The highest BCUT2D eigenvalue weighted by atomic mass is 16.5. The van der Waals surface area contributed by atoms with Crippen molar-refractivity contribution in [1.29, 1.82) is 0 Å². The molecule has 0 bridgehead atoms. The number of β-amino-alcohol motifs (C(OH)–C–C–N with tert-alkyl or cyclic N) is 1. The second-order valence-corrected chi connectivity index (χ2v) is 6.88. The highest BCUT2D eigenvalue weighted by Gasteiger charge is 2.23. The minimum absolute atomic E-state index is 0.363. The lowest BCUT2D eigenvalue weighted by Gasteiger charge is -2.35. The van der Waals surface area contributed by atoms with Gasteiger partial charge in [-0.3, -0.25) is 0 Å². The zero-order chi connectivity index (χ0) is 15.4. The summed E-state index contributed by atoms with van der Waals surface area (Å²) in [6.07, 6.45) is 0.871. The molecule has 1 aromatic rings. The third-order valence-electron chi connectivity index (χ3n) is 4.33. The predicted octanol–water partition coefficient (Wildman–Crippen LogP) is 3.02. The van der Waals surface area contributed by atoms with Gasteiger partial charge in [0.05, 0.1) is 0 Å². The first-order valence-electron chi connectivity index (χ1n) is 8.04. The molecular formula is C18H29NO2. The molecule has 3 nitrogen and oxygen atoms in total. The fourth-order valence-corrected chi connectivity index (χ4v) is 3.29. The Hall–Kier alpha value is -1.06. The summed E-state index contributed by atoms with van der Waals surface area (Å²) >= 11 is 0. The van der Waals surface area contributed by atoms with Crippen LogP contribution in [0.25, 0.3) is 0 Å². The maximum Gasteiger partial charge on any atom is 0.119 e. The maximum absolute atomic E-state index is 10.2.